The molecule has 0 aromatic heterocycles. The van der Waals surface area contributed by atoms with Gasteiger partial charge in [0.25, 0.3) is 5.91 Å². The number of hydrogen-bond acceptors (Lipinski definition) is 7. The number of thiocarbonyl (C=S) groups is 1. The summed E-state index contributed by atoms with van der Waals surface area (Å²) in [5.74, 6) is -1.21. The van der Waals surface area contributed by atoms with E-state index >= 15 is 0 Å². The number of benzene rings is 2. The van der Waals surface area contributed by atoms with Gasteiger partial charge in [-0.05, 0) is 40.8 Å². The number of aliphatic carboxylic acids is 1. The molecule has 2 aromatic rings. The Morgan fingerprint density at radius 3 is 2.47 bits per heavy atom. The maximum atomic E-state index is 12.4. The van der Waals surface area contributed by atoms with Crippen molar-refractivity contribution in [3.05, 3.63) is 68.6 Å². The zero-order chi connectivity index (χ0) is 23.6. The Balaban J connectivity index is 1.86. The Bertz CT molecular complexity index is 1140. The highest BCUT2D eigenvalue weighted by atomic mass is 32.2. The molecule has 1 heterocycles. The molecule has 2 aromatic carbocycles. The largest absolute Gasteiger partial charge is 0.480 e. The van der Waals surface area contributed by atoms with Crippen LogP contribution in [0.3, 0.4) is 0 Å². The first kappa shape index (κ1) is 23.4. The molecule has 1 aliphatic rings. The molecule has 0 saturated carbocycles. The van der Waals surface area contributed by atoms with E-state index in [0.29, 0.717) is 11.3 Å². The van der Waals surface area contributed by atoms with E-state index in [4.69, 9.17) is 22.1 Å². The molecular formula is C22H20N2O6S2. The van der Waals surface area contributed by atoms with Crippen LogP contribution < -0.4 is 4.74 Å². The average molecular weight is 473 g/mol. The Morgan fingerprint density at radius 2 is 1.91 bits per heavy atom. The molecule has 10 heteroatoms. The van der Waals surface area contributed by atoms with Crippen LogP contribution in [-0.2, 0) is 15.0 Å². The van der Waals surface area contributed by atoms with E-state index in [-0.39, 0.29) is 26.1 Å². The lowest BCUT2D eigenvalue weighted by molar-refractivity contribution is -0.385. The van der Waals surface area contributed by atoms with Crippen LogP contribution in [0.25, 0.3) is 6.08 Å². The van der Waals surface area contributed by atoms with Gasteiger partial charge in [-0.1, -0.05) is 63.0 Å². The number of rotatable bonds is 6. The van der Waals surface area contributed by atoms with Gasteiger partial charge in [0.1, 0.15) is 16.6 Å². The highest BCUT2D eigenvalue weighted by Crippen LogP contribution is 2.36. The number of carbonyl (C=O) groups excluding carboxylic acids is 1. The minimum absolute atomic E-state index is 0.0300. The van der Waals surface area contributed by atoms with Gasteiger partial charge in [-0.15, -0.1) is 0 Å². The van der Waals surface area contributed by atoms with Crippen molar-refractivity contribution in [2.45, 2.75) is 26.2 Å². The molecule has 0 spiro atoms. The molecule has 3 rings (SSSR count). The SMILES string of the molecule is CC(C)(C)c1ccc(Oc2ccc(/C=C3\SC(=S)N(CC(=O)O)C3=O)cc2[N+](=O)[O-])cc1. The number of carboxylic acid groups (broad SMARTS) is 1. The van der Waals surface area contributed by atoms with E-state index in [1.807, 2.05) is 12.1 Å². The van der Waals surface area contributed by atoms with Crippen LogP contribution in [0.2, 0.25) is 0 Å². The van der Waals surface area contributed by atoms with Crippen molar-refractivity contribution in [2.24, 2.45) is 0 Å². The number of nitro groups is 1. The van der Waals surface area contributed by atoms with Gasteiger partial charge in [0.2, 0.25) is 5.75 Å². The van der Waals surface area contributed by atoms with Crippen molar-refractivity contribution in [1.82, 2.24) is 4.90 Å². The lowest BCUT2D eigenvalue weighted by Crippen LogP contribution is -2.33. The molecule has 1 aliphatic heterocycles. The summed E-state index contributed by atoms with van der Waals surface area (Å²) < 4.78 is 5.86. The quantitative estimate of drug-likeness (QED) is 0.272. The molecule has 8 nitrogen and oxygen atoms in total. The minimum Gasteiger partial charge on any atom is -0.480 e. The fourth-order valence-electron chi connectivity index (χ4n) is 2.93. The molecule has 32 heavy (non-hydrogen) atoms. The summed E-state index contributed by atoms with van der Waals surface area (Å²) in [6.07, 6.45) is 1.44. The van der Waals surface area contributed by atoms with E-state index in [0.717, 1.165) is 22.2 Å². The third-order valence-corrected chi connectivity index (χ3v) is 5.97. The normalized spacial score (nSPS) is 15.3. The fraction of sp³-hybridized carbons (Fsp3) is 0.227. The van der Waals surface area contributed by atoms with Crippen LogP contribution >= 0.6 is 24.0 Å². The fourth-order valence-corrected chi connectivity index (χ4v) is 4.18. The van der Waals surface area contributed by atoms with E-state index in [9.17, 15) is 19.7 Å². The Hall–Kier alpha value is -3.24. The second-order valence-electron chi connectivity index (χ2n) is 8.02. The van der Waals surface area contributed by atoms with Crippen LogP contribution in [0.5, 0.6) is 11.5 Å². The minimum atomic E-state index is -1.18. The van der Waals surface area contributed by atoms with E-state index in [2.05, 4.69) is 20.8 Å². The number of ether oxygens (including phenoxy) is 1. The molecule has 0 aliphatic carbocycles. The molecule has 1 amide bonds. The number of carboxylic acids is 1. The molecule has 0 unspecified atom stereocenters. The van der Waals surface area contributed by atoms with Gasteiger partial charge in [0, 0.05) is 6.07 Å². The second kappa shape index (κ2) is 9.09. The lowest BCUT2D eigenvalue weighted by atomic mass is 9.87. The van der Waals surface area contributed by atoms with Crippen molar-refractivity contribution in [3.63, 3.8) is 0 Å². The number of nitro benzene ring substituents is 1. The van der Waals surface area contributed by atoms with E-state index in [1.165, 1.54) is 18.2 Å². The zero-order valence-electron chi connectivity index (χ0n) is 17.5. The van der Waals surface area contributed by atoms with Crippen molar-refractivity contribution in [2.75, 3.05) is 6.54 Å². The van der Waals surface area contributed by atoms with Gasteiger partial charge in [-0.3, -0.25) is 24.6 Å². The molecular weight excluding hydrogens is 452 g/mol. The van der Waals surface area contributed by atoms with Crippen LogP contribution in [0.1, 0.15) is 31.9 Å². The number of nitrogens with zero attached hydrogens (tertiary/aromatic N) is 2. The van der Waals surface area contributed by atoms with Gasteiger partial charge in [0.05, 0.1) is 9.83 Å². The van der Waals surface area contributed by atoms with Crippen molar-refractivity contribution >= 4 is 51.9 Å². The lowest BCUT2D eigenvalue weighted by Gasteiger charge is -2.19. The van der Waals surface area contributed by atoms with Gasteiger partial charge >= 0.3 is 11.7 Å². The summed E-state index contributed by atoms with van der Waals surface area (Å²) in [6, 6.07) is 11.7. The third kappa shape index (κ3) is 5.32. The van der Waals surface area contributed by atoms with Crippen LogP contribution in [0, 0.1) is 10.1 Å². The summed E-state index contributed by atoms with van der Waals surface area (Å²) >= 11 is 6.01. The Labute approximate surface area is 194 Å². The number of hydrogen-bond donors (Lipinski definition) is 1. The molecule has 0 atom stereocenters. The predicted molar refractivity (Wildman–Crippen MR) is 126 cm³/mol. The first-order valence-corrected chi connectivity index (χ1v) is 10.7. The van der Waals surface area contributed by atoms with Crippen molar-refractivity contribution in [3.8, 4) is 11.5 Å². The predicted octanol–water partition coefficient (Wildman–Crippen LogP) is 4.97. The first-order chi connectivity index (χ1) is 15.0. The summed E-state index contributed by atoms with van der Waals surface area (Å²) in [5, 5.41) is 20.5. The Kier molecular flexibility index (Phi) is 6.65. The molecule has 0 radical (unpaired) electrons. The average Bonchev–Trinajstić information content (AvgIpc) is 2.95. The summed E-state index contributed by atoms with van der Waals surface area (Å²) in [6.45, 7) is 5.72. The second-order valence-corrected chi connectivity index (χ2v) is 9.70. The molecule has 1 N–H and O–H groups in total. The maximum Gasteiger partial charge on any atom is 0.323 e. The van der Waals surface area contributed by atoms with Crippen LogP contribution in [-0.4, -0.2) is 37.7 Å². The van der Waals surface area contributed by atoms with Crippen molar-refractivity contribution < 1.29 is 24.4 Å². The number of amides is 1. The molecule has 0 bridgehead atoms. The molecule has 1 saturated heterocycles. The first-order valence-electron chi connectivity index (χ1n) is 9.49. The molecule has 166 valence electrons. The van der Waals surface area contributed by atoms with Crippen LogP contribution in [0.4, 0.5) is 5.69 Å². The summed E-state index contributed by atoms with van der Waals surface area (Å²) in [4.78, 5) is 35.5. The molecule has 1 fully saturated rings. The standard InChI is InChI=1S/C22H20N2O6S2/c1-22(2,3)14-5-7-15(8-6-14)30-17-9-4-13(10-16(17)24(28)29)11-18-20(27)23(12-19(25)26)21(31)32-18/h4-11H,12H2,1-3H3,(H,25,26)/b18-11-. The monoisotopic (exact) mass is 472 g/mol. The highest BCUT2D eigenvalue weighted by molar-refractivity contribution is 8.26. The topological polar surface area (TPSA) is 110 Å². The van der Waals surface area contributed by atoms with Crippen molar-refractivity contribution in [1.29, 1.82) is 0 Å². The van der Waals surface area contributed by atoms with Gasteiger partial charge in [0.15, 0.2) is 0 Å². The number of thioether (sulfide) groups is 1. The van der Waals surface area contributed by atoms with Gasteiger partial charge in [-0.25, -0.2) is 0 Å². The van der Waals surface area contributed by atoms with Crippen LogP contribution in [0.15, 0.2) is 47.4 Å². The zero-order valence-corrected chi connectivity index (χ0v) is 19.2. The van der Waals surface area contributed by atoms with E-state index < -0.39 is 23.3 Å². The number of carbonyl (C=O) groups is 2. The smallest absolute Gasteiger partial charge is 0.323 e. The maximum absolute atomic E-state index is 12.4. The van der Waals surface area contributed by atoms with Gasteiger partial charge in [-0.2, -0.15) is 0 Å². The van der Waals surface area contributed by atoms with E-state index in [1.54, 1.807) is 18.2 Å². The van der Waals surface area contributed by atoms with Gasteiger partial charge < -0.3 is 9.84 Å². The highest BCUT2D eigenvalue weighted by Gasteiger charge is 2.33. The summed E-state index contributed by atoms with van der Waals surface area (Å²) in [7, 11) is 0. The summed E-state index contributed by atoms with van der Waals surface area (Å²) in [5.41, 5.74) is 1.20. The third-order valence-electron chi connectivity index (χ3n) is 4.59. The Morgan fingerprint density at radius 1 is 1.25 bits per heavy atom.